The van der Waals surface area contributed by atoms with Crippen molar-refractivity contribution in [2.75, 3.05) is 18.5 Å². The zero-order valence-electron chi connectivity index (χ0n) is 19.5. The van der Waals surface area contributed by atoms with Crippen molar-refractivity contribution in [1.29, 1.82) is 0 Å². The summed E-state index contributed by atoms with van der Waals surface area (Å²) in [6.45, 7) is 1.46. The molecule has 0 radical (unpaired) electrons. The van der Waals surface area contributed by atoms with Crippen LogP contribution in [0.15, 0.2) is 36.7 Å². The third kappa shape index (κ3) is 4.11. The number of hydrogen-bond donors (Lipinski definition) is 1. The third-order valence-corrected chi connectivity index (χ3v) is 8.45. The number of nitrogens with one attached hydrogen (secondary N) is 1. The highest BCUT2D eigenvalue weighted by atomic mass is 16.5. The fraction of sp³-hybridized carbons (Fsp3) is 0.556. The molecule has 2 heterocycles. The minimum Gasteiger partial charge on any atom is -0.367 e. The lowest BCUT2D eigenvalue weighted by Crippen LogP contribution is -2.52. The summed E-state index contributed by atoms with van der Waals surface area (Å²) in [5.74, 6) is 2.91. The number of rotatable bonds is 6. The molecule has 7 rings (SSSR count). The highest BCUT2D eigenvalue weighted by molar-refractivity contribution is 5.95. The molecule has 1 aromatic carbocycles. The molecule has 4 bridgehead atoms. The van der Waals surface area contributed by atoms with Crippen molar-refractivity contribution in [2.24, 2.45) is 23.2 Å². The maximum absolute atomic E-state index is 13.5. The highest BCUT2D eigenvalue weighted by Gasteiger charge is 2.54. The van der Waals surface area contributed by atoms with Crippen LogP contribution in [-0.2, 0) is 33.9 Å². The summed E-state index contributed by atoms with van der Waals surface area (Å²) in [7, 11) is 0. The smallest absolute Gasteiger partial charge is 0.248 e. The normalized spacial score (nSPS) is 29.1. The zero-order chi connectivity index (χ0) is 23.1. The monoisotopic (exact) mass is 460 g/mol. The first-order chi connectivity index (χ1) is 16.6. The molecular formula is C27H32N4O3. The Morgan fingerprint density at radius 2 is 1.74 bits per heavy atom. The summed E-state index contributed by atoms with van der Waals surface area (Å²) in [6, 6.07) is 9.85. The molecule has 0 unspecified atom stereocenters. The second kappa shape index (κ2) is 8.77. The topological polar surface area (TPSA) is 84.4 Å². The summed E-state index contributed by atoms with van der Waals surface area (Å²) in [4.78, 5) is 36.9. The van der Waals surface area contributed by atoms with Gasteiger partial charge in [-0.1, -0.05) is 30.3 Å². The lowest BCUT2D eigenvalue weighted by atomic mass is 9.49. The fourth-order valence-electron chi connectivity index (χ4n) is 7.23. The molecule has 7 heteroatoms. The van der Waals surface area contributed by atoms with Crippen LogP contribution in [0.3, 0.4) is 0 Å². The van der Waals surface area contributed by atoms with Gasteiger partial charge >= 0.3 is 0 Å². The van der Waals surface area contributed by atoms with E-state index in [2.05, 4.69) is 15.3 Å². The molecule has 0 atom stereocenters. The number of carbonyl (C=O) groups excluding carboxylic acids is 2. The first-order valence-corrected chi connectivity index (χ1v) is 12.6. The quantitative estimate of drug-likeness (QED) is 0.710. The van der Waals surface area contributed by atoms with Gasteiger partial charge in [0.2, 0.25) is 11.8 Å². The van der Waals surface area contributed by atoms with E-state index in [1.807, 2.05) is 30.3 Å². The minimum absolute atomic E-state index is 0.0423. The summed E-state index contributed by atoms with van der Waals surface area (Å²) < 4.78 is 5.64. The van der Waals surface area contributed by atoms with Crippen LogP contribution in [0.1, 0.15) is 55.3 Å². The van der Waals surface area contributed by atoms with Gasteiger partial charge < -0.3 is 15.0 Å². The van der Waals surface area contributed by atoms with Crippen molar-refractivity contribution < 1.29 is 14.3 Å². The number of nitrogens with zero attached hydrogens (tertiary/aromatic N) is 3. The molecule has 178 valence electrons. The van der Waals surface area contributed by atoms with Gasteiger partial charge in [-0.05, 0) is 68.3 Å². The van der Waals surface area contributed by atoms with Gasteiger partial charge in [-0.3, -0.25) is 9.59 Å². The number of amides is 2. The molecule has 2 amide bonds. The maximum atomic E-state index is 13.5. The van der Waals surface area contributed by atoms with Gasteiger partial charge in [-0.2, -0.15) is 0 Å². The SMILES string of the molecule is O=C(COCc1ccccc1)N1CCc2c(ncnc2NC(=O)C23CC4CC(CC(C4)C2)C3)C1. The van der Waals surface area contributed by atoms with E-state index in [0.717, 1.165) is 53.8 Å². The Morgan fingerprint density at radius 1 is 1.03 bits per heavy atom. The molecule has 0 spiro atoms. The Hall–Kier alpha value is -2.80. The minimum atomic E-state index is -0.209. The van der Waals surface area contributed by atoms with Crippen LogP contribution < -0.4 is 5.32 Å². The van der Waals surface area contributed by atoms with Crippen LogP contribution in [0.5, 0.6) is 0 Å². The van der Waals surface area contributed by atoms with E-state index in [9.17, 15) is 9.59 Å². The van der Waals surface area contributed by atoms with Crippen LogP contribution in [0.25, 0.3) is 0 Å². The summed E-state index contributed by atoms with van der Waals surface area (Å²) in [5, 5.41) is 3.21. The second-order valence-electron chi connectivity index (χ2n) is 10.8. The fourth-order valence-corrected chi connectivity index (χ4v) is 7.23. The number of hydrogen-bond acceptors (Lipinski definition) is 5. The number of anilines is 1. The molecule has 2 aromatic rings. The van der Waals surface area contributed by atoms with E-state index in [0.29, 0.717) is 31.9 Å². The van der Waals surface area contributed by atoms with Crippen molar-refractivity contribution >= 4 is 17.6 Å². The van der Waals surface area contributed by atoms with E-state index in [-0.39, 0.29) is 23.8 Å². The van der Waals surface area contributed by atoms with Crippen LogP contribution >= 0.6 is 0 Å². The molecule has 4 fully saturated rings. The standard InChI is InChI=1S/C27H32N4O3/c32-24(16-34-15-18-4-2-1-3-5-18)31-7-6-22-23(14-31)28-17-29-25(22)30-26(33)27-11-19-8-20(12-27)10-21(9-19)13-27/h1-5,17,19-21H,6-16H2,(H,28,29,30,33). The van der Waals surface area contributed by atoms with E-state index in [1.54, 1.807) is 4.90 Å². The second-order valence-corrected chi connectivity index (χ2v) is 10.8. The molecule has 34 heavy (non-hydrogen) atoms. The number of aromatic nitrogens is 2. The van der Waals surface area contributed by atoms with Crippen molar-refractivity contribution in [3.05, 3.63) is 53.5 Å². The van der Waals surface area contributed by atoms with Gasteiger partial charge in [0.1, 0.15) is 18.8 Å². The maximum Gasteiger partial charge on any atom is 0.248 e. The molecule has 0 saturated heterocycles. The Kier molecular flexibility index (Phi) is 5.60. The van der Waals surface area contributed by atoms with Gasteiger partial charge in [0, 0.05) is 12.1 Å². The van der Waals surface area contributed by atoms with Gasteiger partial charge in [0.15, 0.2) is 0 Å². The Bertz CT molecular complexity index is 1050. The molecular weight excluding hydrogens is 428 g/mol. The molecule has 1 N–H and O–H groups in total. The van der Waals surface area contributed by atoms with Gasteiger partial charge in [-0.15, -0.1) is 0 Å². The average Bonchev–Trinajstić information content (AvgIpc) is 2.83. The average molecular weight is 461 g/mol. The largest absolute Gasteiger partial charge is 0.367 e. The Balaban J connectivity index is 1.09. The summed E-state index contributed by atoms with van der Waals surface area (Å²) in [5.41, 5.74) is 2.62. The first kappa shape index (κ1) is 21.7. The molecule has 1 aliphatic heterocycles. The number of carbonyl (C=O) groups is 2. The molecule has 5 aliphatic rings. The van der Waals surface area contributed by atoms with E-state index in [1.165, 1.54) is 25.6 Å². The lowest BCUT2D eigenvalue weighted by Gasteiger charge is -2.55. The first-order valence-electron chi connectivity index (χ1n) is 12.6. The molecule has 7 nitrogen and oxygen atoms in total. The van der Waals surface area contributed by atoms with Crippen LogP contribution in [0, 0.1) is 23.2 Å². The van der Waals surface area contributed by atoms with E-state index < -0.39 is 0 Å². The summed E-state index contributed by atoms with van der Waals surface area (Å²) >= 11 is 0. The van der Waals surface area contributed by atoms with Crippen molar-refractivity contribution in [3.63, 3.8) is 0 Å². The number of fused-ring (bicyclic) bond motifs is 1. The van der Waals surface area contributed by atoms with Crippen molar-refractivity contribution in [1.82, 2.24) is 14.9 Å². The van der Waals surface area contributed by atoms with E-state index >= 15 is 0 Å². The third-order valence-electron chi connectivity index (χ3n) is 8.45. The van der Waals surface area contributed by atoms with Crippen molar-refractivity contribution in [2.45, 2.75) is 58.1 Å². The molecule has 4 saturated carbocycles. The predicted molar refractivity (Wildman–Crippen MR) is 126 cm³/mol. The highest BCUT2D eigenvalue weighted by Crippen LogP contribution is 2.60. The van der Waals surface area contributed by atoms with Crippen LogP contribution in [-0.4, -0.2) is 39.8 Å². The lowest BCUT2D eigenvalue weighted by molar-refractivity contribution is -0.140. The Labute approximate surface area is 200 Å². The summed E-state index contributed by atoms with van der Waals surface area (Å²) in [6.07, 6.45) is 9.18. The Morgan fingerprint density at radius 3 is 2.44 bits per heavy atom. The predicted octanol–water partition coefficient (Wildman–Crippen LogP) is 3.73. The van der Waals surface area contributed by atoms with Crippen LogP contribution in [0.2, 0.25) is 0 Å². The van der Waals surface area contributed by atoms with Gasteiger partial charge in [0.25, 0.3) is 0 Å². The van der Waals surface area contributed by atoms with Gasteiger partial charge in [-0.25, -0.2) is 9.97 Å². The van der Waals surface area contributed by atoms with Gasteiger partial charge in [0.05, 0.1) is 24.3 Å². The van der Waals surface area contributed by atoms with Crippen molar-refractivity contribution in [3.8, 4) is 0 Å². The zero-order valence-corrected chi connectivity index (χ0v) is 19.5. The number of ether oxygens (including phenoxy) is 1. The number of benzene rings is 1. The van der Waals surface area contributed by atoms with E-state index in [4.69, 9.17) is 4.74 Å². The molecule has 1 aromatic heterocycles. The molecule has 4 aliphatic carbocycles. The van der Waals surface area contributed by atoms with Crippen LogP contribution in [0.4, 0.5) is 5.82 Å².